The third kappa shape index (κ3) is 4.84. The number of anilines is 1. The summed E-state index contributed by atoms with van der Waals surface area (Å²) in [5, 5.41) is 2.49. The summed E-state index contributed by atoms with van der Waals surface area (Å²) >= 11 is 0. The van der Waals surface area contributed by atoms with Crippen molar-refractivity contribution in [2.45, 2.75) is 0 Å². The summed E-state index contributed by atoms with van der Waals surface area (Å²) in [7, 11) is 1.24. The molecular weight excluding hydrogens is 314 g/mol. The highest BCUT2D eigenvalue weighted by atomic mass is 16.5. The fraction of sp³-hybridized carbons (Fsp3) is 0.118. The van der Waals surface area contributed by atoms with E-state index >= 15 is 0 Å². The van der Waals surface area contributed by atoms with E-state index in [2.05, 4.69) is 10.1 Å². The lowest BCUT2D eigenvalue weighted by Gasteiger charge is -2.09. The van der Waals surface area contributed by atoms with Crippen LogP contribution in [0.15, 0.2) is 53.2 Å². The zero-order chi connectivity index (χ0) is 17.4. The van der Waals surface area contributed by atoms with Crippen molar-refractivity contribution < 1.29 is 28.3 Å². The van der Waals surface area contributed by atoms with Crippen LogP contribution in [0.25, 0.3) is 6.08 Å². The maximum Gasteiger partial charge on any atom is 0.339 e. The molecule has 0 saturated carbocycles. The zero-order valence-electron chi connectivity index (χ0n) is 12.9. The van der Waals surface area contributed by atoms with Crippen LogP contribution in [0.1, 0.15) is 16.1 Å². The van der Waals surface area contributed by atoms with Crippen molar-refractivity contribution in [1.82, 2.24) is 0 Å². The highest BCUT2D eigenvalue weighted by Crippen LogP contribution is 2.15. The summed E-state index contributed by atoms with van der Waals surface area (Å²) in [6.07, 6.45) is 4.04. The number of para-hydroxylation sites is 1. The van der Waals surface area contributed by atoms with Crippen LogP contribution in [0.2, 0.25) is 0 Å². The first-order chi connectivity index (χ1) is 11.6. The van der Waals surface area contributed by atoms with Gasteiger partial charge in [-0.15, -0.1) is 0 Å². The first-order valence-corrected chi connectivity index (χ1v) is 6.95. The van der Waals surface area contributed by atoms with Gasteiger partial charge < -0.3 is 19.2 Å². The molecule has 124 valence electrons. The SMILES string of the molecule is COC(=O)c1ccccc1NC(=O)COC(=O)/C=C/c1ccco1. The van der Waals surface area contributed by atoms with E-state index < -0.39 is 24.5 Å². The van der Waals surface area contributed by atoms with Crippen LogP contribution in [0.3, 0.4) is 0 Å². The quantitative estimate of drug-likeness (QED) is 0.645. The fourth-order valence-electron chi connectivity index (χ4n) is 1.79. The highest BCUT2D eigenvalue weighted by Gasteiger charge is 2.13. The molecule has 0 bridgehead atoms. The lowest BCUT2D eigenvalue weighted by atomic mass is 10.2. The Morgan fingerprint density at radius 1 is 1.17 bits per heavy atom. The predicted octanol–water partition coefficient (Wildman–Crippen LogP) is 2.26. The van der Waals surface area contributed by atoms with Crippen molar-refractivity contribution in [1.29, 1.82) is 0 Å². The Bertz CT molecular complexity index is 748. The first kappa shape index (κ1) is 17.0. The number of carbonyl (C=O) groups excluding carboxylic acids is 3. The Morgan fingerprint density at radius 3 is 2.67 bits per heavy atom. The van der Waals surface area contributed by atoms with Gasteiger partial charge in [0.25, 0.3) is 5.91 Å². The molecular formula is C17H15NO6. The summed E-state index contributed by atoms with van der Waals surface area (Å²) in [5.74, 6) is -1.36. The summed E-state index contributed by atoms with van der Waals surface area (Å²) in [4.78, 5) is 34.9. The third-order valence-corrected chi connectivity index (χ3v) is 2.88. The number of carbonyl (C=O) groups is 3. The molecule has 1 aromatic carbocycles. The molecule has 1 aromatic heterocycles. The number of rotatable bonds is 6. The van der Waals surface area contributed by atoms with Crippen LogP contribution < -0.4 is 5.32 Å². The molecule has 0 spiro atoms. The molecule has 0 radical (unpaired) electrons. The minimum Gasteiger partial charge on any atom is -0.465 e. The highest BCUT2D eigenvalue weighted by molar-refractivity contribution is 6.02. The topological polar surface area (TPSA) is 94.8 Å². The van der Waals surface area contributed by atoms with Crippen LogP contribution in [-0.4, -0.2) is 31.6 Å². The van der Waals surface area contributed by atoms with Crippen LogP contribution in [-0.2, 0) is 19.1 Å². The molecule has 24 heavy (non-hydrogen) atoms. The molecule has 0 unspecified atom stereocenters. The van der Waals surface area contributed by atoms with Gasteiger partial charge in [-0.3, -0.25) is 4.79 Å². The van der Waals surface area contributed by atoms with Crippen molar-refractivity contribution in [2.75, 3.05) is 19.0 Å². The van der Waals surface area contributed by atoms with Crippen molar-refractivity contribution >= 4 is 29.6 Å². The summed E-state index contributed by atoms with van der Waals surface area (Å²) in [6, 6.07) is 9.70. The maximum absolute atomic E-state index is 11.8. The van der Waals surface area contributed by atoms with Crippen LogP contribution >= 0.6 is 0 Å². The van der Waals surface area contributed by atoms with Crippen molar-refractivity contribution in [3.8, 4) is 0 Å². The van der Waals surface area contributed by atoms with E-state index in [1.54, 1.807) is 30.3 Å². The standard InChI is InChI=1S/C17H15NO6/c1-22-17(21)13-6-2-3-7-14(13)18-15(19)11-24-16(20)9-8-12-5-4-10-23-12/h2-10H,11H2,1H3,(H,18,19)/b9-8+. The first-order valence-electron chi connectivity index (χ1n) is 6.95. The molecule has 0 atom stereocenters. The summed E-state index contributed by atoms with van der Waals surface area (Å²) in [6.45, 7) is -0.489. The van der Waals surface area contributed by atoms with Gasteiger partial charge in [0.15, 0.2) is 6.61 Å². The third-order valence-electron chi connectivity index (χ3n) is 2.88. The van der Waals surface area contributed by atoms with Gasteiger partial charge in [0.1, 0.15) is 5.76 Å². The molecule has 2 rings (SSSR count). The second-order valence-corrected chi connectivity index (χ2v) is 4.54. The molecule has 7 heteroatoms. The van der Waals surface area contributed by atoms with E-state index in [1.807, 2.05) is 0 Å². The number of hydrogen-bond donors (Lipinski definition) is 1. The smallest absolute Gasteiger partial charge is 0.339 e. The molecule has 1 amide bonds. The lowest BCUT2D eigenvalue weighted by Crippen LogP contribution is -2.21. The van der Waals surface area contributed by atoms with Gasteiger partial charge in [-0.2, -0.15) is 0 Å². The number of furan rings is 1. The molecule has 0 aliphatic carbocycles. The molecule has 0 aliphatic heterocycles. The maximum atomic E-state index is 11.8. The number of esters is 2. The van der Waals surface area contributed by atoms with Gasteiger partial charge in [0, 0.05) is 6.08 Å². The number of methoxy groups -OCH3 is 1. The van der Waals surface area contributed by atoms with Crippen molar-refractivity contribution in [2.24, 2.45) is 0 Å². The molecule has 0 fully saturated rings. The van der Waals surface area contributed by atoms with Crippen LogP contribution in [0, 0.1) is 0 Å². The number of ether oxygens (including phenoxy) is 2. The monoisotopic (exact) mass is 329 g/mol. The minimum atomic E-state index is -0.692. The average Bonchev–Trinajstić information content (AvgIpc) is 3.11. The van der Waals surface area contributed by atoms with E-state index in [0.717, 1.165) is 6.08 Å². The number of benzene rings is 1. The molecule has 0 saturated heterocycles. The van der Waals surface area contributed by atoms with Crippen LogP contribution in [0.5, 0.6) is 0 Å². The average molecular weight is 329 g/mol. The summed E-state index contributed by atoms with van der Waals surface area (Å²) in [5.41, 5.74) is 0.480. The van der Waals surface area contributed by atoms with Gasteiger partial charge in [-0.1, -0.05) is 12.1 Å². The van der Waals surface area contributed by atoms with E-state index in [1.165, 1.54) is 25.5 Å². The number of hydrogen-bond acceptors (Lipinski definition) is 6. The van der Waals surface area contributed by atoms with Gasteiger partial charge >= 0.3 is 11.9 Å². The Balaban J connectivity index is 1.87. The zero-order valence-corrected chi connectivity index (χ0v) is 12.9. The van der Waals surface area contributed by atoms with E-state index in [-0.39, 0.29) is 11.3 Å². The summed E-state index contributed by atoms with van der Waals surface area (Å²) < 4.78 is 14.5. The Hall–Kier alpha value is -3.35. The van der Waals surface area contributed by atoms with E-state index in [4.69, 9.17) is 9.15 Å². The molecule has 7 nitrogen and oxygen atoms in total. The Labute approximate surface area is 137 Å². The minimum absolute atomic E-state index is 0.206. The van der Waals surface area contributed by atoms with Gasteiger partial charge in [0.2, 0.25) is 0 Å². The Kier molecular flexibility index (Phi) is 5.90. The van der Waals surface area contributed by atoms with E-state index in [0.29, 0.717) is 5.76 Å². The van der Waals surface area contributed by atoms with Crippen LogP contribution in [0.4, 0.5) is 5.69 Å². The van der Waals surface area contributed by atoms with Crippen molar-refractivity contribution in [3.05, 3.63) is 60.1 Å². The second-order valence-electron chi connectivity index (χ2n) is 4.54. The normalized spacial score (nSPS) is 10.4. The van der Waals surface area contributed by atoms with E-state index in [9.17, 15) is 14.4 Å². The molecule has 1 N–H and O–H groups in total. The largest absolute Gasteiger partial charge is 0.465 e. The number of amides is 1. The molecule has 2 aromatic rings. The Morgan fingerprint density at radius 2 is 1.96 bits per heavy atom. The van der Waals surface area contributed by atoms with Crippen molar-refractivity contribution in [3.63, 3.8) is 0 Å². The second kappa shape index (κ2) is 8.33. The predicted molar refractivity (Wildman–Crippen MR) is 85.1 cm³/mol. The molecule has 0 aliphatic rings. The van der Waals surface area contributed by atoms with Gasteiger partial charge in [0.05, 0.1) is 24.6 Å². The van der Waals surface area contributed by atoms with Gasteiger partial charge in [-0.25, -0.2) is 9.59 Å². The number of nitrogens with one attached hydrogen (secondary N) is 1. The van der Waals surface area contributed by atoms with Gasteiger partial charge in [-0.05, 0) is 30.3 Å². The fourth-order valence-corrected chi connectivity index (χ4v) is 1.79. The lowest BCUT2D eigenvalue weighted by molar-refractivity contribution is -0.142. The molecule has 1 heterocycles.